The van der Waals surface area contributed by atoms with Gasteiger partial charge in [-0.15, -0.1) is 0 Å². The molecular formula is C33H45N3O2S. The molecule has 0 radical (unpaired) electrons. The number of rotatable bonds is 5. The second-order valence-electron chi connectivity index (χ2n) is 8.27. The van der Waals surface area contributed by atoms with E-state index in [2.05, 4.69) is 47.3 Å². The minimum atomic E-state index is 0.0974. The summed E-state index contributed by atoms with van der Waals surface area (Å²) in [5, 5.41) is 12.6. The fourth-order valence-electron chi connectivity index (χ4n) is 4.25. The number of aliphatic imine (C=N–C) groups is 1. The first-order valence-corrected chi connectivity index (χ1v) is 15.0. The Kier molecular flexibility index (Phi) is 13.7. The molecule has 1 saturated heterocycles. The van der Waals surface area contributed by atoms with Crippen molar-refractivity contribution >= 4 is 28.9 Å². The number of hydrogen-bond acceptors (Lipinski definition) is 6. The number of methoxy groups -OCH3 is 1. The smallest absolute Gasteiger partial charge is 0.160 e. The highest BCUT2D eigenvalue weighted by atomic mass is 32.2. The first-order chi connectivity index (χ1) is 19.1. The Balaban J connectivity index is 0.000000833. The molecule has 0 bridgehead atoms. The quantitative estimate of drug-likeness (QED) is 0.261. The van der Waals surface area contributed by atoms with Gasteiger partial charge in [-0.05, 0) is 49.2 Å². The number of hydrazine groups is 1. The summed E-state index contributed by atoms with van der Waals surface area (Å²) >= 11 is 1.71. The van der Waals surface area contributed by atoms with E-state index in [1.807, 2.05) is 59.7 Å². The van der Waals surface area contributed by atoms with Gasteiger partial charge in [0.05, 0.1) is 18.5 Å². The lowest BCUT2D eigenvalue weighted by Crippen LogP contribution is -2.40. The molecule has 2 aliphatic rings. The van der Waals surface area contributed by atoms with Crippen LogP contribution in [0.1, 0.15) is 77.5 Å². The number of nitrogens with one attached hydrogen (secondary N) is 1. The summed E-state index contributed by atoms with van der Waals surface area (Å²) in [6.45, 7) is 18.4. The van der Waals surface area contributed by atoms with E-state index in [1.165, 1.54) is 19.3 Å². The van der Waals surface area contributed by atoms with Gasteiger partial charge in [-0.1, -0.05) is 90.6 Å². The van der Waals surface area contributed by atoms with Crippen LogP contribution in [-0.2, 0) is 0 Å². The zero-order valence-electron chi connectivity index (χ0n) is 24.7. The van der Waals surface area contributed by atoms with Gasteiger partial charge in [0.25, 0.3) is 0 Å². The zero-order chi connectivity index (χ0) is 28.8. The fraction of sp³-hybridized carbons (Fsp3) is 0.364. The van der Waals surface area contributed by atoms with Gasteiger partial charge in [0.2, 0.25) is 0 Å². The van der Waals surface area contributed by atoms with E-state index in [-0.39, 0.29) is 5.75 Å². The van der Waals surface area contributed by atoms with Crippen LogP contribution in [0.2, 0.25) is 0 Å². The number of benzene rings is 3. The van der Waals surface area contributed by atoms with Gasteiger partial charge in [0.15, 0.2) is 11.5 Å². The molecule has 2 aliphatic heterocycles. The van der Waals surface area contributed by atoms with Gasteiger partial charge < -0.3 is 15.3 Å². The number of phenols is 1. The Morgan fingerprint density at radius 1 is 0.897 bits per heavy atom. The predicted octanol–water partition coefficient (Wildman–Crippen LogP) is 9.07. The normalized spacial score (nSPS) is 13.7. The van der Waals surface area contributed by atoms with Crippen molar-refractivity contribution in [2.45, 2.75) is 70.6 Å². The van der Waals surface area contributed by atoms with Crippen LogP contribution in [0.4, 0.5) is 5.69 Å². The highest BCUT2D eigenvalue weighted by Crippen LogP contribution is 2.42. The summed E-state index contributed by atoms with van der Waals surface area (Å²) in [6.07, 6.45) is 3.71. The van der Waals surface area contributed by atoms with Crippen LogP contribution >= 0.6 is 11.8 Å². The van der Waals surface area contributed by atoms with Crippen LogP contribution in [0.5, 0.6) is 11.5 Å². The van der Waals surface area contributed by atoms with Gasteiger partial charge in [-0.2, -0.15) is 0 Å². The summed E-state index contributed by atoms with van der Waals surface area (Å²) in [7, 11) is 1.55. The number of aromatic hydroxyl groups is 1. The molecule has 3 aromatic rings. The maximum atomic E-state index is 10.4. The lowest BCUT2D eigenvalue weighted by atomic mass is 10.0. The van der Waals surface area contributed by atoms with E-state index in [9.17, 15) is 5.11 Å². The van der Waals surface area contributed by atoms with Crippen molar-refractivity contribution in [1.29, 1.82) is 0 Å². The van der Waals surface area contributed by atoms with Crippen molar-refractivity contribution in [3.05, 3.63) is 83.9 Å². The minimum absolute atomic E-state index is 0.0974. The molecule has 0 unspecified atom stereocenters. The van der Waals surface area contributed by atoms with Crippen molar-refractivity contribution < 1.29 is 9.84 Å². The predicted molar refractivity (Wildman–Crippen MR) is 169 cm³/mol. The first kappa shape index (κ1) is 32.0. The number of fused-ring (bicyclic) bond motifs is 2. The van der Waals surface area contributed by atoms with Gasteiger partial charge in [-0.25, -0.2) is 10.0 Å². The molecule has 3 aromatic carbocycles. The maximum absolute atomic E-state index is 10.4. The zero-order valence-corrected chi connectivity index (χ0v) is 25.5. The average Bonchev–Trinajstić information content (AvgIpc) is 3.17. The molecule has 0 saturated carbocycles. The van der Waals surface area contributed by atoms with Crippen molar-refractivity contribution in [1.82, 2.24) is 10.4 Å². The van der Waals surface area contributed by atoms with Gasteiger partial charge in [0.1, 0.15) is 0 Å². The Bertz CT molecular complexity index is 1230. The van der Waals surface area contributed by atoms with E-state index in [0.717, 1.165) is 56.7 Å². The van der Waals surface area contributed by atoms with E-state index < -0.39 is 0 Å². The molecule has 0 atom stereocenters. The molecule has 2 N–H and O–H groups in total. The number of phenolic OH excluding ortho intramolecular Hbond substituents is 1. The Labute approximate surface area is 240 Å². The van der Waals surface area contributed by atoms with Crippen molar-refractivity contribution in [3.63, 3.8) is 0 Å². The number of piperidine rings is 1. The summed E-state index contributed by atoms with van der Waals surface area (Å²) in [4.78, 5) is 7.31. The fourth-order valence-corrected chi connectivity index (χ4v) is 5.25. The summed E-state index contributed by atoms with van der Waals surface area (Å²) in [5.41, 5.74) is 8.96. The second kappa shape index (κ2) is 16.7. The molecule has 6 heteroatoms. The third-order valence-electron chi connectivity index (χ3n) is 6.00. The Morgan fingerprint density at radius 2 is 1.59 bits per heavy atom. The van der Waals surface area contributed by atoms with Crippen molar-refractivity contribution in [2.24, 2.45) is 4.99 Å². The lowest BCUT2D eigenvalue weighted by Gasteiger charge is -2.28. The molecule has 0 aromatic heterocycles. The van der Waals surface area contributed by atoms with Crippen molar-refractivity contribution in [3.8, 4) is 11.5 Å². The van der Waals surface area contributed by atoms with E-state index in [0.29, 0.717) is 5.75 Å². The standard InChI is InChI=1S/C27H27N3O2S.3C2H6/c1-18(29-30-14-6-3-7-15-30)19-11-13-26-22(16-19)28-27(21-8-4-5-9-25(21)33-26)20-10-12-24(32-2)23(31)17-20;3*1-2/h4-5,8-13,16-17,29,31H,1,3,6-7,14-15H2,2H3;3*1-2H3. The molecule has 1 fully saturated rings. The SMILES string of the molecule is C=C(NN1CCCCC1)c1ccc2c(c1)N=C(c1ccc(OC)c(O)c1)c1ccccc1S2.CC.CC.CC. The lowest BCUT2D eigenvalue weighted by molar-refractivity contribution is 0.189. The molecule has 39 heavy (non-hydrogen) atoms. The Morgan fingerprint density at radius 3 is 2.26 bits per heavy atom. The monoisotopic (exact) mass is 547 g/mol. The molecule has 210 valence electrons. The van der Waals surface area contributed by atoms with E-state index >= 15 is 0 Å². The van der Waals surface area contributed by atoms with E-state index in [4.69, 9.17) is 9.73 Å². The molecule has 2 heterocycles. The topological polar surface area (TPSA) is 57.1 Å². The van der Waals surface area contributed by atoms with Gasteiger partial charge in [-0.3, -0.25) is 0 Å². The van der Waals surface area contributed by atoms with E-state index in [1.54, 1.807) is 31.0 Å². The molecule has 5 nitrogen and oxygen atoms in total. The third kappa shape index (κ3) is 8.13. The minimum Gasteiger partial charge on any atom is -0.504 e. The largest absolute Gasteiger partial charge is 0.504 e. The van der Waals surface area contributed by atoms with Gasteiger partial charge >= 0.3 is 0 Å². The highest BCUT2D eigenvalue weighted by molar-refractivity contribution is 7.99. The molecule has 0 aliphatic carbocycles. The van der Waals surface area contributed by atoms with Gasteiger partial charge in [0, 0.05) is 45.3 Å². The molecule has 5 rings (SSSR count). The molecule has 0 spiro atoms. The first-order valence-electron chi connectivity index (χ1n) is 14.2. The summed E-state index contributed by atoms with van der Waals surface area (Å²) in [5.74, 6) is 0.540. The van der Waals surface area contributed by atoms with Crippen LogP contribution in [-0.4, -0.2) is 36.0 Å². The second-order valence-corrected chi connectivity index (χ2v) is 9.35. The van der Waals surface area contributed by atoms with Crippen LogP contribution in [0, 0.1) is 0 Å². The van der Waals surface area contributed by atoms with Crippen LogP contribution in [0.3, 0.4) is 0 Å². The van der Waals surface area contributed by atoms with Crippen LogP contribution < -0.4 is 10.2 Å². The maximum Gasteiger partial charge on any atom is 0.160 e. The molecule has 0 amide bonds. The number of hydrogen-bond donors (Lipinski definition) is 2. The Hall–Kier alpha value is -3.22. The molecular weight excluding hydrogens is 502 g/mol. The van der Waals surface area contributed by atoms with Crippen LogP contribution in [0.25, 0.3) is 5.70 Å². The summed E-state index contributed by atoms with van der Waals surface area (Å²) < 4.78 is 5.23. The summed E-state index contributed by atoms with van der Waals surface area (Å²) in [6, 6.07) is 20.0. The van der Waals surface area contributed by atoms with Crippen molar-refractivity contribution in [2.75, 3.05) is 20.2 Å². The number of nitrogens with zero attached hydrogens (tertiary/aromatic N) is 2. The third-order valence-corrected chi connectivity index (χ3v) is 7.14. The number of ether oxygens (including phenoxy) is 1. The average molecular weight is 548 g/mol. The van der Waals surface area contributed by atoms with Crippen LogP contribution in [0.15, 0.2) is 82.0 Å². The highest BCUT2D eigenvalue weighted by Gasteiger charge is 2.20.